The second-order valence-corrected chi connectivity index (χ2v) is 10.4. The third-order valence-electron chi connectivity index (χ3n) is 6.17. The molecule has 3 N–H and O–H groups in total. The van der Waals surface area contributed by atoms with Crippen molar-refractivity contribution in [1.82, 2.24) is 5.32 Å². The molecule has 0 aromatic heterocycles. The molecule has 192 valence electrons. The molecule has 1 saturated heterocycles. The summed E-state index contributed by atoms with van der Waals surface area (Å²) in [6.07, 6.45) is 1.57. The summed E-state index contributed by atoms with van der Waals surface area (Å²) in [5.41, 5.74) is 5.75. The first-order valence-electron chi connectivity index (χ1n) is 11.4. The Kier molecular flexibility index (Phi) is 6.72. The number of halogens is 2. The molecule has 3 aromatic carbocycles. The topological polar surface area (TPSA) is 94.0 Å². The predicted molar refractivity (Wildman–Crippen MR) is 149 cm³/mol. The van der Waals surface area contributed by atoms with Gasteiger partial charge >= 0.3 is 0 Å². The summed E-state index contributed by atoms with van der Waals surface area (Å²) >= 11 is 6.09. The van der Waals surface area contributed by atoms with Gasteiger partial charge < -0.3 is 10.4 Å². The zero-order valence-electron chi connectivity index (χ0n) is 20.1. The van der Waals surface area contributed by atoms with Gasteiger partial charge in [-0.3, -0.25) is 19.9 Å². The average Bonchev–Trinajstić information content (AvgIpc) is 3.34. The van der Waals surface area contributed by atoms with Crippen LogP contribution in [-0.2, 0) is 16.3 Å². The Morgan fingerprint density at radius 3 is 2.58 bits per heavy atom. The summed E-state index contributed by atoms with van der Waals surface area (Å²) in [5, 5.41) is 17.2. The monoisotopic (exact) mass is 550 g/mol. The summed E-state index contributed by atoms with van der Waals surface area (Å²) < 4.78 is 29.0. The molecule has 0 bridgehead atoms. The molecule has 2 aliphatic heterocycles. The van der Waals surface area contributed by atoms with E-state index in [9.17, 15) is 19.1 Å². The van der Waals surface area contributed by atoms with Gasteiger partial charge in [0.2, 0.25) is 0 Å². The number of thioether (sulfide) groups is 1. The van der Waals surface area contributed by atoms with E-state index in [1.165, 1.54) is 23.1 Å². The maximum Gasteiger partial charge on any atom is 0.284 e. The number of carbonyl (C=O) groups excluding carboxylic acids is 2. The Bertz CT molecular complexity index is 1600. The largest absolute Gasteiger partial charge is 0.506 e. The van der Waals surface area contributed by atoms with Gasteiger partial charge in [-0.1, -0.05) is 36.1 Å². The van der Waals surface area contributed by atoms with Crippen LogP contribution < -0.4 is 15.6 Å². The van der Waals surface area contributed by atoms with Crippen molar-refractivity contribution in [3.05, 3.63) is 87.1 Å². The van der Waals surface area contributed by atoms with Crippen LogP contribution >= 0.6 is 24.0 Å². The van der Waals surface area contributed by atoms with Crippen LogP contribution in [0.25, 0.3) is 6.08 Å². The minimum Gasteiger partial charge on any atom is -0.506 e. The SMILES string of the molecule is Cc1ccc(N2C(=O)/C(=N\Nc3ccc(/C=C4\SC(=S)NC4=O)cc3O)c3c(F)cc(CF)cc32)cc1C. The molecule has 2 aliphatic rings. The van der Waals surface area contributed by atoms with E-state index in [4.69, 9.17) is 12.2 Å². The van der Waals surface area contributed by atoms with E-state index in [0.717, 1.165) is 29.0 Å². The molecule has 2 heterocycles. The van der Waals surface area contributed by atoms with Crippen molar-refractivity contribution in [2.24, 2.45) is 5.10 Å². The highest BCUT2D eigenvalue weighted by Gasteiger charge is 2.38. The van der Waals surface area contributed by atoms with Crippen LogP contribution in [-0.4, -0.2) is 27.0 Å². The van der Waals surface area contributed by atoms with E-state index in [1.807, 2.05) is 19.9 Å². The Hall–Kier alpha value is -4.09. The number of thiocarbonyl (C=S) groups is 1. The molecule has 0 atom stereocenters. The molecule has 0 aliphatic carbocycles. The van der Waals surface area contributed by atoms with E-state index >= 15 is 4.39 Å². The van der Waals surface area contributed by atoms with Crippen LogP contribution in [0.2, 0.25) is 0 Å². The summed E-state index contributed by atoms with van der Waals surface area (Å²) in [7, 11) is 0. The molecule has 0 unspecified atom stereocenters. The molecule has 7 nitrogen and oxygen atoms in total. The fourth-order valence-corrected chi connectivity index (χ4v) is 5.15. The second kappa shape index (κ2) is 9.99. The number of hydrazone groups is 1. The van der Waals surface area contributed by atoms with Crippen LogP contribution in [0.3, 0.4) is 0 Å². The van der Waals surface area contributed by atoms with Crippen molar-refractivity contribution in [2.75, 3.05) is 10.3 Å². The first-order valence-corrected chi connectivity index (χ1v) is 12.6. The fourth-order valence-electron chi connectivity index (χ4n) is 4.10. The maximum absolute atomic E-state index is 15.2. The first-order chi connectivity index (χ1) is 18.2. The van der Waals surface area contributed by atoms with Gasteiger partial charge in [-0.25, -0.2) is 8.78 Å². The first kappa shape index (κ1) is 25.6. The fraction of sp³-hybridized carbons (Fsp3) is 0.111. The number of aromatic hydroxyl groups is 1. The third-order valence-corrected chi connectivity index (χ3v) is 7.33. The Labute approximate surface area is 226 Å². The van der Waals surface area contributed by atoms with Crippen molar-refractivity contribution in [1.29, 1.82) is 0 Å². The minimum absolute atomic E-state index is 0.0704. The number of phenols is 1. The van der Waals surface area contributed by atoms with Crippen molar-refractivity contribution in [2.45, 2.75) is 20.5 Å². The lowest BCUT2D eigenvalue weighted by molar-refractivity contribution is -0.115. The number of rotatable bonds is 5. The summed E-state index contributed by atoms with van der Waals surface area (Å²) in [6, 6.07) is 12.4. The van der Waals surface area contributed by atoms with Crippen molar-refractivity contribution >= 4 is 69.0 Å². The Balaban J connectivity index is 1.50. The number of anilines is 3. The van der Waals surface area contributed by atoms with Gasteiger partial charge in [0.1, 0.15) is 22.6 Å². The van der Waals surface area contributed by atoms with Crippen molar-refractivity contribution in [3.8, 4) is 5.75 Å². The number of fused-ring (bicyclic) bond motifs is 1. The summed E-state index contributed by atoms with van der Waals surface area (Å²) in [6.45, 7) is 2.93. The van der Waals surface area contributed by atoms with E-state index < -0.39 is 18.4 Å². The van der Waals surface area contributed by atoms with Gasteiger partial charge in [0.25, 0.3) is 11.8 Å². The molecule has 0 spiro atoms. The van der Waals surface area contributed by atoms with Crippen LogP contribution in [0.4, 0.5) is 25.8 Å². The van der Waals surface area contributed by atoms with E-state index in [2.05, 4.69) is 15.8 Å². The van der Waals surface area contributed by atoms with E-state index in [0.29, 0.717) is 20.5 Å². The molecule has 0 radical (unpaired) electrons. The van der Waals surface area contributed by atoms with E-state index in [-0.39, 0.29) is 39.9 Å². The number of carbonyl (C=O) groups is 2. The van der Waals surface area contributed by atoms with Gasteiger partial charge in [-0.05, 0) is 78.6 Å². The van der Waals surface area contributed by atoms with Gasteiger partial charge in [0, 0.05) is 5.69 Å². The van der Waals surface area contributed by atoms with Crippen LogP contribution in [0, 0.1) is 19.7 Å². The highest BCUT2D eigenvalue weighted by atomic mass is 32.2. The Morgan fingerprint density at radius 1 is 1.13 bits per heavy atom. The number of amides is 2. The van der Waals surface area contributed by atoms with Gasteiger partial charge in [0.15, 0.2) is 5.71 Å². The quantitative estimate of drug-likeness (QED) is 0.166. The molecule has 3 aromatic rings. The lowest BCUT2D eigenvalue weighted by atomic mass is 10.1. The van der Waals surface area contributed by atoms with Crippen LogP contribution in [0.5, 0.6) is 5.75 Å². The molecule has 1 fully saturated rings. The summed E-state index contributed by atoms with van der Waals surface area (Å²) in [5.74, 6) is -1.92. The molecule has 38 heavy (non-hydrogen) atoms. The highest BCUT2D eigenvalue weighted by Crippen LogP contribution is 2.39. The normalized spacial score (nSPS) is 16.9. The lowest BCUT2D eigenvalue weighted by Gasteiger charge is -2.18. The molecule has 5 rings (SSSR count). The second-order valence-electron chi connectivity index (χ2n) is 8.72. The number of nitrogens with one attached hydrogen (secondary N) is 2. The number of nitrogens with zero attached hydrogens (tertiary/aromatic N) is 2. The van der Waals surface area contributed by atoms with Crippen LogP contribution in [0.1, 0.15) is 27.8 Å². The third kappa shape index (κ3) is 4.66. The average molecular weight is 551 g/mol. The number of hydrogen-bond acceptors (Lipinski definition) is 7. The number of phenolic OH excluding ortho intramolecular Hbond substituents is 1. The van der Waals surface area contributed by atoms with Gasteiger partial charge in [-0.2, -0.15) is 5.10 Å². The number of benzene rings is 3. The Morgan fingerprint density at radius 2 is 1.92 bits per heavy atom. The maximum atomic E-state index is 15.2. The van der Waals surface area contributed by atoms with E-state index in [1.54, 1.807) is 24.3 Å². The zero-order chi connectivity index (χ0) is 27.1. The van der Waals surface area contributed by atoms with Gasteiger partial charge in [0.05, 0.1) is 21.8 Å². The molecule has 2 amide bonds. The zero-order valence-corrected chi connectivity index (χ0v) is 21.8. The molecular formula is C27H20F2N4O3S2. The minimum atomic E-state index is -0.897. The number of hydrogen-bond donors (Lipinski definition) is 3. The standard InChI is InChI=1S/C27H20F2N4O3S2/c1-13-3-5-17(7-14(13)2)33-20-9-16(12-28)8-18(29)23(20)24(26(33)36)32-31-19-6-4-15(10-21(19)34)11-22-25(35)30-27(37)38-22/h3-11,31,34H,12H2,1-2H3,(H,30,35,37)/b22-11-,32-24-. The molecule has 0 saturated carbocycles. The highest BCUT2D eigenvalue weighted by molar-refractivity contribution is 8.26. The summed E-state index contributed by atoms with van der Waals surface area (Å²) in [4.78, 5) is 27.1. The lowest BCUT2D eigenvalue weighted by Crippen LogP contribution is -2.26. The van der Waals surface area contributed by atoms with Crippen LogP contribution in [0.15, 0.2) is 58.5 Å². The molecular weight excluding hydrogens is 530 g/mol. The number of aryl methyl sites for hydroxylation is 2. The van der Waals surface area contributed by atoms with Crippen molar-refractivity contribution < 1.29 is 23.5 Å². The predicted octanol–water partition coefficient (Wildman–Crippen LogP) is 5.60. The van der Waals surface area contributed by atoms with Crippen molar-refractivity contribution in [3.63, 3.8) is 0 Å². The van der Waals surface area contributed by atoms with Gasteiger partial charge in [-0.15, -0.1) is 0 Å². The number of alkyl halides is 1. The smallest absolute Gasteiger partial charge is 0.284 e. The molecule has 11 heteroatoms.